The van der Waals surface area contributed by atoms with Crippen LogP contribution in [-0.2, 0) is 9.53 Å². The monoisotopic (exact) mass is 434 g/mol. The number of halogens is 2. The summed E-state index contributed by atoms with van der Waals surface area (Å²) in [6.07, 6.45) is 0.769. The molecule has 0 saturated heterocycles. The summed E-state index contributed by atoms with van der Waals surface area (Å²) >= 11 is 9.62. The predicted molar refractivity (Wildman–Crippen MR) is 106 cm³/mol. The molecule has 0 radical (unpaired) electrons. The van der Waals surface area contributed by atoms with Gasteiger partial charge in [0.2, 0.25) is 0 Å². The molecule has 7 heteroatoms. The van der Waals surface area contributed by atoms with Gasteiger partial charge in [-0.25, -0.2) is 9.79 Å². The highest BCUT2D eigenvalue weighted by atomic mass is 79.9. The number of hydrogen-bond donors (Lipinski definition) is 1. The maximum atomic E-state index is 12.3. The fraction of sp³-hybridized carbons (Fsp3) is 0.211. The highest BCUT2D eigenvalue weighted by Gasteiger charge is 2.29. The third kappa shape index (κ3) is 3.52. The molecule has 0 atom stereocenters. The van der Waals surface area contributed by atoms with Crippen LogP contribution in [-0.4, -0.2) is 24.2 Å². The van der Waals surface area contributed by atoms with Gasteiger partial charge in [-0.3, -0.25) is 4.79 Å². The van der Waals surface area contributed by atoms with E-state index in [0.29, 0.717) is 44.3 Å². The summed E-state index contributed by atoms with van der Waals surface area (Å²) < 4.78 is 5.80. The van der Waals surface area contributed by atoms with Crippen LogP contribution < -0.4 is 5.32 Å². The Hall–Kier alpha value is -2.18. The minimum atomic E-state index is -0.371. The van der Waals surface area contributed by atoms with E-state index in [-0.39, 0.29) is 11.9 Å². The lowest BCUT2D eigenvalue weighted by molar-refractivity contribution is -0.110. The van der Waals surface area contributed by atoms with Crippen LogP contribution in [0.4, 0.5) is 11.4 Å². The van der Waals surface area contributed by atoms with E-state index < -0.39 is 0 Å². The number of aliphatic imine (C=N–C) groups is 1. The molecule has 0 spiro atoms. The van der Waals surface area contributed by atoms with Gasteiger partial charge in [-0.2, -0.15) is 0 Å². The van der Waals surface area contributed by atoms with Gasteiger partial charge in [-0.1, -0.05) is 18.5 Å². The Morgan fingerprint density at radius 3 is 2.65 bits per heavy atom. The van der Waals surface area contributed by atoms with Crippen molar-refractivity contribution in [1.82, 2.24) is 0 Å². The summed E-state index contributed by atoms with van der Waals surface area (Å²) in [5.74, 6) is -0.659. The summed E-state index contributed by atoms with van der Waals surface area (Å²) in [5, 5.41) is 3.36. The highest BCUT2D eigenvalue weighted by Crippen LogP contribution is 2.38. The Morgan fingerprint density at radius 1 is 1.31 bits per heavy atom. The van der Waals surface area contributed by atoms with Crippen molar-refractivity contribution in [1.29, 1.82) is 0 Å². The van der Waals surface area contributed by atoms with Gasteiger partial charge in [0.1, 0.15) is 5.71 Å². The number of nitrogens with zero attached hydrogens (tertiary/aromatic N) is 1. The van der Waals surface area contributed by atoms with Crippen molar-refractivity contribution in [3.63, 3.8) is 0 Å². The van der Waals surface area contributed by atoms with E-state index in [9.17, 15) is 9.59 Å². The first-order chi connectivity index (χ1) is 12.4. The zero-order valence-electron chi connectivity index (χ0n) is 14.2. The standard InChI is InChI=1S/C19H16BrClN2O3/c1-3-8-26-19(25)11-4-6-12(7-5-11)22-17-13-9-14(20)15(21)10(2)16(13)23-18(17)24/h4-7,9H,3,8H2,1-2H3,(H,22,23,24). The van der Waals surface area contributed by atoms with E-state index in [1.54, 1.807) is 30.3 Å². The number of carbonyl (C=O) groups excluding carboxylic acids is 2. The first-order valence-corrected chi connectivity index (χ1v) is 9.25. The number of carbonyl (C=O) groups is 2. The minimum absolute atomic E-state index is 0.288. The molecule has 2 aromatic rings. The minimum Gasteiger partial charge on any atom is -0.462 e. The number of rotatable bonds is 4. The van der Waals surface area contributed by atoms with E-state index in [2.05, 4.69) is 26.2 Å². The topological polar surface area (TPSA) is 67.8 Å². The summed E-state index contributed by atoms with van der Waals surface area (Å²) in [6, 6.07) is 8.40. The van der Waals surface area contributed by atoms with Crippen molar-refractivity contribution in [2.24, 2.45) is 4.99 Å². The van der Waals surface area contributed by atoms with Crippen molar-refractivity contribution >= 4 is 56.5 Å². The Labute approximate surface area is 164 Å². The van der Waals surface area contributed by atoms with E-state index in [4.69, 9.17) is 16.3 Å². The lowest BCUT2D eigenvalue weighted by Crippen LogP contribution is -2.14. The maximum absolute atomic E-state index is 12.3. The highest BCUT2D eigenvalue weighted by molar-refractivity contribution is 9.10. The molecule has 0 bridgehead atoms. The Bertz CT molecular complexity index is 923. The summed E-state index contributed by atoms with van der Waals surface area (Å²) in [5.41, 5.74) is 3.46. The molecule has 26 heavy (non-hydrogen) atoms. The fourth-order valence-corrected chi connectivity index (χ4v) is 3.26. The molecule has 1 amide bonds. The molecular formula is C19H16BrClN2O3. The molecule has 2 aromatic carbocycles. The second-order valence-corrected chi connectivity index (χ2v) is 7.05. The molecule has 0 saturated carbocycles. The van der Waals surface area contributed by atoms with E-state index in [1.807, 2.05) is 13.8 Å². The molecule has 0 unspecified atom stereocenters. The average Bonchev–Trinajstić information content (AvgIpc) is 2.94. The first kappa shape index (κ1) is 18.6. The van der Waals surface area contributed by atoms with Crippen LogP contribution in [0.3, 0.4) is 0 Å². The molecule has 3 rings (SSSR count). The number of nitrogens with one attached hydrogen (secondary N) is 1. The summed E-state index contributed by atoms with van der Waals surface area (Å²) in [6.45, 7) is 4.16. The number of anilines is 1. The fourth-order valence-electron chi connectivity index (χ4n) is 2.59. The lowest BCUT2D eigenvalue weighted by atomic mass is 10.1. The van der Waals surface area contributed by atoms with Crippen molar-refractivity contribution < 1.29 is 14.3 Å². The molecule has 1 N–H and O–H groups in total. The van der Waals surface area contributed by atoms with Gasteiger partial charge < -0.3 is 10.1 Å². The van der Waals surface area contributed by atoms with Crippen molar-refractivity contribution in [2.45, 2.75) is 20.3 Å². The normalized spacial score (nSPS) is 14.3. The van der Waals surface area contributed by atoms with Gasteiger partial charge in [-0.15, -0.1) is 0 Å². The smallest absolute Gasteiger partial charge is 0.338 e. The van der Waals surface area contributed by atoms with Crippen molar-refractivity contribution in [3.05, 3.63) is 56.5 Å². The molecule has 134 valence electrons. The van der Waals surface area contributed by atoms with Crippen LogP contribution in [0.5, 0.6) is 0 Å². The number of benzene rings is 2. The van der Waals surface area contributed by atoms with Crippen LogP contribution in [0.1, 0.15) is 34.8 Å². The third-order valence-electron chi connectivity index (χ3n) is 3.94. The molecule has 1 aliphatic rings. The maximum Gasteiger partial charge on any atom is 0.338 e. The number of amides is 1. The molecule has 5 nitrogen and oxygen atoms in total. The van der Waals surface area contributed by atoms with Gasteiger partial charge in [0.05, 0.1) is 28.6 Å². The van der Waals surface area contributed by atoms with Crippen molar-refractivity contribution in [3.8, 4) is 0 Å². The molecule has 0 aliphatic carbocycles. The van der Waals surface area contributed by atoms with Gasteiger partial charge in [0.25, 0.3) is 5.91 Å². The van der Waals surface area contributed by atoms with Gasteiger partial charge in [0, 0.05) is 10.0 Å². The second kappa shape index (κ2) is 7.60. The molecular weight excluding hydrogens is 420 g/mol. The molecule has 1 aliphatic heterocycles. The van der Waals surface area contributed by atoms with E-state index in [1.165, 1.54) is 0 Å². The Kier molecular flexibility index (Phi) is 5.44. The Morgan fingerprint density at radius 2 is 2.00 bits per heavy atom. The lowest BCUT2D eigenvalue weighted by Gasteiger charge is -2.07. The largest absolute Gasteiger partial charge is 0.462 e. The van der Waals surface area contributed by atoms with Crippen LogP contribution in [0.15, 0.2) is 39.8 Å². The summed E-state index contributed by atoms with van der Waals surface area (Å²) in [4.78, 5) is 28.6. The molecule has 0 fully saturated rings. The number of hydrogen-bond acceptors (Lipinski definition) is 4. The first-order valence-electron chi connectivity index (χ1n) is 8.08. The van der Waals surface area contributed by atoms with Crippen molar-refractivity contribution in [2.75, 3.05) is 11.9 Å². The average molecular weight is 436 g/mol. The molecule has 0 aromatic heterocycles. The SMILES string of the molecule is CCCOC(=O)c1ccc(N=C2C(=O)Nc3c2cc(Br)c(Cl)c3C)cc1. The van der Waals surface area contributed by atoms with Crippen LogP contribution in [0.2, 0.25) is 5.02 Å². The third-order valence-corrected chi connectivity index (χ3v) is 5.29. The number of esters is 1. The number of fused-ring (bicyclic) bond motifs is 1. The van der Waals surface area contributed by atoms with Crippen LogP contribution >= 0.6 is 27.5 Å². The van der Waals surface area contributed by atoms with Crippen LogP contribution in [0.25, 0.3) is 0 Å². The van der Waals surface area contributed by atoms with Gasteiger partial charge >= 0.3 is 5.97 Å². The van der Waals surface area contributed by atoms with E-state index in [0.717, 1.165) is 12.0 Å². The van der Waals surface area contributed by atoms with Crippen LogP contribution in [0, 0.1) is 6.92 Å². The predicted octanol–water partition coefficient (Wildman–Crippen LogP) is 5.05. The molecule has 1 heterocycles. The Balaban J connectivity index is 1.92. The van der Waals surface area contributed by atoms with E-state index >= 15 is 0 Å². The quantitative estimate of drug-likeness (QED) is 0.683. The summed E-state index contributed by atoms with van der Waals surface area (Å²) in [7, 11) is 0. The number of ether oxygens (including phenoxy) is 1. The second-order valence-electron chi connectivity index (χ2n) is 5.82. The van der Waals surface area contributed by atoms with Gasteiger partial charge in [0.15, 0.2) is 0 Å². The zero-order chi connectivity index (χ0) is 18.8. The van der Waals surface area contributed by atoms with Gasteiger partial charge in [-0.05, 0) is 65.2 Å². The zero-order valence-corrected chi connectivity index (χ0v) is 16.6.